The summed E-state index contributed by atoms with van der Waals surface area (Å²) in [6.07, 6.45) is 1.44. The van der Waals surface area contributed by atoms with Crippen LogP contribution in [0.1, 0.15) is 40.5 Å². The zero-order chi connectivity index (χ0) is 13.9. The first-order valence-corrected chi connectivity index (χ1v) is 6.10. The van der Waals surface area contributed by atoms with E-state index in [4.69, 9.17) is 4.74 Å². The van der Waals surface area contributed by atoms with Gasteiger partial charge in [-0.05, 0) is 23.7 Å². The van der Waals surface area contributed by atoms with E-state index in [1.165, 1.54) is 0 Å². The summed E-state index contributed by atoms with van der Waals surface area (Å²) >= 11 is 0. The monoisotopic (exact) mass is 254 g/mol. The molecule has 18 heavy (non-hydrogen) atoms. The summed E-state index contributed by atoms with van der Waals surface area (Å²) < 4.78 is 4.78. The van der Waals surface area contributed by atoms with Gasteiger partial charge in [-0.1, -0.05) is 27.7 Å². The molecule has 0 amide bonds. The molecular formula is C13H18O5. The van der Waals surface area contributed by atoms with Crippen LogP contribution in [0.4, 0.5) is 0 Å². The molecule has 2 aliphatic carbocycles. The quantitative estimate of drug-likeness (QED) is 0.611. The van der Waals surface area contributed by atoms with E-state index in [9.17, 15) is 19.5 Å². The molecule has 2 saturated carbocycles. The fraction of sp³-hybridized carbons (Fsp3) is 0.769. The molecule has 100 valence electrons. The maximum absolute atomic E-state index is 12.1. The van der Waals surface area contributed by atoms with Crippen molar-refractivity contribution in [2.45, 2.75) is 40.5 Å². The van der Waals surface area contributed by atoms with Crippen molar-refractivity contribution in [2.75, 3.05) is 0 Å². The molecular weight excluding hydrogens is 236 g/mol. The molecule has 2 rings (SSSR count). The van der Waals surface area contributed by atoms with Gasteiger partial charge in [0.25, 0.3) is 0 Å². The first-order chi connectivity index (χ1) is 8.10. The zero-order valence-corrected chi connectivity index (χ0v) is 11.1. The minimum atomic E-state index is -1.62. The van der Waals surface area contributed by atoms with Crippen LogP contribution in [0.2, 0.25) is 0 Å². The predicted molar refractivity (Wildman–Crippen MR) is 61.5 cm³/mol. The highest BCUT2D eigenvalue weighted by molar-refractivity contribution is 6.08. The van der Waals surface area contributed by atoms with Gasteiger partial charge in [0.05, 0.1) is 5.92 Å². The van der Waals surface area contributed by atoms with Crippen LogP contribution in [0.15, 0.2) is 0 Å². The van der Waals surface area contributed by atoms with E-state index in [1.807, 2.05) is 0 Å². The van der Waals surface area contributed by atoms with Gasteiger partial charge in [0.15, 0.2) is 5.41 Å². The molecule has 0 radical (unpaired) electrons. The van der Waals surface area contributed by atoms with Gasteiger partial charge in [0, 0.05) is 0 Å². The SMILES string of the molecule is CC1(C)C(C)(C)C1(C(=O)O)C(=O)OC(=O)C1CC1. The Bertz CT molecular complexity index is 428. The lowest BCUT2D eigenvalue weighted by Gasteiger charge is -2.14. The number of carboxylic acid groups (broad SMARTS) is 1. The van der Waals surface area contributed by atoms with Crippen molar-refractivity contribution in [3.63, 3.8) is 0 Å². The molecule has 5 nitrogen and oxygen atoms in total. The molecule has 0 spiro atoms. The lowest BCUT2D eigenvalue weighted by molar-refractivity contribution is -0.171. The van der Waals surface area contributed by atoms with Gasteiger partial charge in [0.2, 0.25) is 0 Å². The summed E-state index contributed by atoms with van der Waals surface area (Å²) in [5, 5.41) is 9.40. The van der Waals surface area contributed by atoms with Crippen LogP contribution < -0.4 is 0 Å². The van der Waals surface area contributed by atoms with Gasteiger partial charge >= 0.3 is 17.9 Å². The summed E-state index contributed by atoms with van der Waals surface area (Å²) in [5.41, 5.74) is -3.08. The van der Waals surface area contributed by atoms with Crippen LogP contribution >= 0.6 is 0 Å². The summed E-state index contributed by atoms with van der Waals surface area (Å²) in [7, 11) is 0. The lowest BCUT2D eigenvalue weighted by atomic mass is 9.95. The highest BCUT2D eigenvalue weighted by Gasteiger charge is 2.87. The Hall–Kier alpha value is -1.39. The van der Waals surface area contributed by atoms with E-state index in [-0.39, 0.29) is 5.92 Å². The topological polar surface area (TPSA) is 80.7 Å². The third-order valence-electron chi connectivity index (χ3n) is 5.11. The smallest absolute Gasteiger partial charge is 0.332 e. The van der Waals surface area contributed by atoms with Gasteiger partial charge in [-0.3, -0.25) is 14.4 Å². The van der Waals surface area contributed by atoms with E-state index in [2.05, 4.69) is 0 Å². The van der Waals surface area contributed by atoms with E-state index < -0.39 is 34.2 Å². The third kappa shape index (κ3) is 1.25. The summed E-state index contributed by atoms with van der Waals surface area (Å²) in [6, 6.07) is 0. The molecule has 0 aromatic heterocycles. The molecule has 0 saturated heterocycles. The van der Waals surface area contributed by atoms with Crippen LogP contribution in [-0.2, 0) is 19.1 Å². The number of hydrogen-bond donors (Lipinski definition) is 1. The van der Waals surface area contributed by atoms with E-state index in [1.54, 1.807) is 27.7 Å². The number of rotatable bonds is 3. The molecule has 0 heterocycles. The molecule has 0 aliphatic heterocycles. The molecule has 0 unspecified atom stereocenters. The van der Waals surface area contributed by atoms with Crippen molar-refractivity contribution in [3.8, 4) is 0 Å². The summed E-state index contributed by atoms with van der Waals surface area (Å²) in [4.78, 5) is 35.1. The Morgan fingerprint density at radius 1 is 1.06 bits per heavy atom. The minimum Gasteiger partial charge on any atom is -0.480 e. The van der Waals surface area contributed by atoms with Crippen LogP contribution in [0.5, 0.6) is 0 Å². The zero-order valence-electron chi connectivity index (χ0n) is 11.1. The molecule has 2 fully saturated rings. The fourth-order valence-corrected chi connectivity index (χ4v) is 3.02. The Morgan fingerprint density at radius 2 is 1.50 bits per heavy atom. The van der Waals surface area contributed by atoms with Crippen molar-refractivity contribution in [1.82, 2.24) is 0 Å². The second-order valence-electron chi connectivity index (χ2n) is 6.29. The van der Waals surface area contributed by atoms with Crippen LogP contribution in [-0.4, -0.2) is 23.0 Å². The second kappa shape index (κ2) is 3.33. The molecule has 0 aromatic rings. The number of carboxylic acids is 1. The predicted octanol–water partition coefficient (Wildman–Crippen LogP) is 1.60. The number of esters is 2. The maximum atomic E-state index is 12.1. The Morgan fingerprint density at radius 3 is 1.78 bits per heavy atom. The van der Waals surface area contributed by atoms with Crippen molar-refractivity contribution in [2.24, 2.45) is 22.2 Å². The van der Waals surface area contributed by atoms with Crippen LogP contribution in [0.25, 0.3) is 0 Å². The van der Waals surface area contributed by atoms with Gasteiger partial charge < -0.3 is 9.84 Å². The van der Waals surface area contributed by atoms with Gasteiger partial charge in [-0.2, -0.15) is 0 Å². The molecule has 2 aliphatic rings. The highest BCUT2D eigenvalue weighted by atomic mass is 16.6. The van der Waals surface area contributed by atoms with E-state index >= 15 is 0 Å². The second-order valence-corrected chi connectivity index (χ2v) is 6.29. The van der Waals surface area contributed by atoms with Crippen LogP contribution in [0.3, 0.4) is 0 Å². The summed E-state index contributed by atoms with van der Waals surface area (Å²) in [6.45, 7) is 6.85. The van der Waals surface area contributed by atoms with E-state index in [0.29, 0.717) is 0 Å². The standard InChI is InChI=1S/C13H18O5/c1-11(2)12(3,4)13(11,9(15)16)10(17)18-8(14)7-5-6-7/h7H,5-6H2,1-4H3,(H,15,16). The first-order valence-electron chi connectivity index (χ1n) is 6.10. The number of ether oxygens (including phenoxy) is 1. The van der Waals surface area contributed by atoms with Crippen molar-refractivity contribution in [1.29, 1.82) is 0 Å². The van der Waals surface area contributed by atoms with Gasteiger partial charge in [-0.15, -0.1) is 0 Å². The molecule has 0 aromatic carbocycles. The third-order valence-corrected chi connectivity index (χ3v) is 5.11. The van der Waals surface area contributed by atoms with Crippen molar-refractivity contribution in [3.05, 3.63) is 0 Å². The van der Waals surface area contributed by atoms with Crippen molar-refractivity contribution < 1.29 is 24.2 Å². The average Bonchev–Trinajstić information content (AvgIpc) is 3.03. The Kier molecular flexibility index (Phi) is 2.42. The molecule has 0 bridgehead atoms. The first kappa shape index (κ1) is 13.1. The Balaban J connectivity index is 2.25. The number of hydrogen-bond acceptors (Lipinski definition) is 4. The normalized spacial score (nSPS) is 26.2. The lowest BCUT2D eigenvalue weighted by Crippen LogP contribution is -2.35. The number of carbonyl (C=O) groups excluding carboxylic acids is 2. The van der Waals surface area contributed by atoms with Gasteiger partial charge in [0.1, 0.15) is 0 Å². The number of carbonyl (C=O) groups is 3. The molecule has 1 N–H and O–H groups in total. The fourth-order valence-electron chi connectivity index (χ4n) is 3.02. The van der Waals surface area contributed by atoms with E-state index in [0.717, 1.165) is 12.8 Å². The Labute approximate surface area is 105 Å². The largest absolute Gasteiger partial charge is 0.480 e. The number of aliphatic carboxylic acids is 1. The highest BCUT2D eigenvalue weighted by Crippen LogP contribution is 2.78. The minimum absolute atomic E-state index is 0.218. The molecule has 5 heteroatoms. The van der Waals surface area contributed by atoms with Crippen LogP contribution in [0, 0.1) is 22.2 Å². The van der Waals surface area contributed by atoms with Crippen molar-refractivity contribution >= 4 is 17.9 Å². The van der Waals surface area contributed by atoms with Gasteiger partial charge in [-0.25, -0.2) is 0 Å². The average molecular weight is 254 g/mol. The summed E-state index contributed by atoms with van der Waals surface area (Å²) in [5.74, 6) is -2.93. The maximum Gasteiger partial charge on any atom is 0.332 e. The molecule has 0 atom stereocenters.